The summed E-state index contributed by atoms with van der Waals surface area (Å²) in [6, 6.07) is 2.41. The fourth-order valence-corrected chi connectivity index (χ4v) is 1.07. The second kappa shape index (κ2) is 1.82. The molecule has 0 unspecified atom stereocenters. The Morgan fingerprint density at radius 1 is 1.17 bits per heavy atom. The average Bonchev–Trinajstić information content (AvgIpc) is 1.97. The molecule has 0 saturated heterocycles. The second-order valence-corrected chi connectivity index (χ2v) is 2.52. The van der Waals surface area contributed by atoms with Gasteiger partial charge in [-0.2, -0.15) is 0 Å². The normalized spacial score (nSPS) is 17.5. The van der Waals surface area contributed by atoms with Crippen LogP contribution in [0.25, 0.3) is 0 Å². The monoisotopic (exact) mass is 170 g/mol. The van der Waals surface area contributed by atoms with Gasteiger partial charge in [-0.15, -0.1) is 0 Å². The molecule has 4 N–H and O–H groups in total. The molecule has 64 valence electrons. The zero-order chi connectivity index (χ0) is 8.93. The number of ether oxygens (including phenoxy) is 1. The minimum absolute atomic E-state index is 0.0396. The summed E-state index contributed by atoms with van der Waals surface area (Å²) in [5, 5.41) is 35.9. The van der Waals surface area contributed by atoms with Gasteiger partial charge < -0.3 is 25.2 Å². The molecule has 0 atom stereocenters. The lowest BCUT2D eigenvalue weighted by Crippen LogP contribution is -2.40. The van der Waals surface area contributed by atoms with Crippen molar-refractivity contribution < 1.29 is 25.2 Å². The Hall–Kier alpha value is -1.46. The summed E-state index contributed by atoms with van der Waals surface area (Å²) in [5.74, 6) is -3.27. The van der Waals surface area contributed by atoms with E-state index in [9.17, 15) is 0 Å². The summed E-state index contributed by atoms with van der Waals surface area (Å²) in [6.07, 6.45) is 0. The first-order valence-electron chi connectivity index (χ1n) is 3.21. The van der Waals surface area contributed by atoms with Gasteiger partial charge in [0, 0.05) is 0 Å². The van der Waals surface area contributed by atoms with Gasteiger partial charge in [0.1, 0.15) is 5.56 Å². The van der Waals surface area contributed by atoms with E-state index in [1.807, 2.05) is 0 Å². The molecule has 1 aromatic rings. The van der Waals surface area contributed by atoms with Gasteiger partial charge in [0.2, 0.25) is 5.75 Å². The summed E-state index contributed by atoms with van der Waals surface area (Å²) >= 11 is 0. The number of rotatable bonds is 0. The van der Waals surface area contributed by atoms with E-state index in [1.165, 1.54) is 6.07 Å². The lowest BCUT2D eigenvalue weighted by atomic mass is 10.1. The highest BCUT2D eigenvalue weighted by atomic mass is 16.8. The number of hydrogen-bond donors (Lipinski definition) is 4. The van der Waals surface area contributed by atoms with E-state index in [4.69, 9.17) is 20.4 Å². The van der Waals surface area contributed by atoms with Crippen LogP contribution in [0.2, 0.25) is 0 Å². The van der Waals surface area contributed by atoms with Crippen molar-refractivity contribution in [2.45, 2.75) is 5.97 Å². The standard InChI is InChI=1S/C7H6O5/c8-4-2-1-3-6(5(4)9)12-7(3,10)11/h1-2,8-11H. The van der Waals surface area contributed by atoms with E-state index >= 15 is 0 Å². The molecule has 0 fully saturated rings. The fourth-order valence-electron chi connectivity index (χ4n) is 1.07. The Kier molecular flexibility index (Phi) is 1.09. The third-order valence-corrected chi connectivity index (χ3v) is 1.71. The molecular weight excluding hydrogens is 164 g/mol. The van der Waals surface area contributed by atoms with E-state index in [-0.39, 0.29) is 17.1 Å². The maximum atomic E-state index is 9.07. The fraction of sp³-hybridized carbons (Fsp3) is 0.143. The molecule has 0 aliphatic carbocycles. The van der Waals surface area contributed by atoms with Gasteiger partial charge in [-0.25, -0.2) is 0 Å². The number of benzene rings is 1. The highest BCUT2D eigenvalue weighted by Crippen LogP contribution is 2.50. The minimum Gasteiger partial charge on any atom is -0.504 e. The van der Waals surface area contributed by atoms with Gasteiger partial charge in [-0.05, 0) is 12.1 Å². The van der Waals surface area contributed by atoms with Gasteiger partial charge >= 0.3 is 5.97 Å². The molecule has 5 heteroatoms. The molecular formula is C7H6O5. The van der Waals surface area contributed by atoms with Gasteiger partial charge in [0.15, 0.2) is 11.5 Å². The predicted molar refractivity (Wildman–Crippen MR) is 36.5 cm³/mol. The molecule has 1 heterocycles. The van der Waals surface area contributed by atoms with Crippen LogP contribution in [-0.2, 0) is 5.97 Å². The molecule has 2 rings (SSSR count). The third kappa shape index (κ3) is 0.689. The van der Waals surface area contributed by atoms with Crippen molar-refractivity contribution in [3.05, 3.63) is 17.7 Å². The lowest BCUT2D eigenvalue weighted by Gasteiger charge is -2.34. The second-order valence-electron chi connectivity index (χ2n) is 2.52. The first kappa shape index (κ1) is 7.20. The Morgan fingerprint density at radius 2 is 1.83 bits per heavy atom. The number of aromatic hydroxyl groups is 2. The van der Waals surface area contributed by atoms with E-state index in [1.54, 1.807) is 0 Å². The highest BCUT2D eigenvalue weighted by Gasteiger charge is 2.45. The zero-order valence-electron chi connectivity index (χ0n) is 5.85. The third-order valence-electron chi connectivity index (χ3n) is 1.71. The first-order valence-corrected chi connectivity index (χ1v) is 3.21. The van der Waals surface area contributed by atoms with Crippen LogP contribution >= 0.6 is 0 Å². The Bertz CT molecular complexity index is 344. The Balaban J connectivity index is 2.60. The molecule has 12 heavy (non-hydrogen) atoms. The molecule has 0 bridgehead atoms. The lowest BCUT2D eigenvalue weighted by molar-refractivity contribution is -0.333. The Morgan fingerprint density at radius 3 is 2.42 bits per heavy atom. The summed E-state index contributed by atoms with van der Waals surface area (Å²) in [4.78, 5) is 0. The van der Waals surface area contributed by atoms with E-state index in [2.05, 4.69) is 4.74 Å². The van der Waals surface area contributed by atoms with E-state index < -0.39 is 11.7 Å². The minimum atomic E-state index is -2.33. The van der Waals surface area contributed by atoms with Crippen LogP contribution < -0.4 is 4.74 Å². The maximum absolute atomic E-state index is 9.07. The largest absolute Gasteiger partial charge is 0.504 e. The number of hydrogen-bond acceptors (Lipinski definition) is 5. The summed E-state index contributed by atoms with van der Waals surface area (Å²) in [7, 11) is 0. The topological polar surface area (TPSA) is 90.2 Å². The van der Waals surface area contributed by atoms with Crippen molar-refractivity contribution in [3.63, 3.8) is 0 Å². The smallest absolute Gasteiger partial charge is 0.355 e. The zero-order valence-corrected chi connectivity index (χ0v) is 5.85. The number of aliphatic hydroxyl groups is 2. The van der Waals surface area contributed by atoms with E-state index in [0.29, 0.717) is 0 Å². The predicted octanol–water partition coefficient (Wildman–Crippen LogP) is -0.415. The van der Waals surface area contributed by atoms with Gasteiger partial charge in [-0.3, -0.25) is 0 Å². The van der Waals surface area contributed by atoms with Crippen molar-refractivity contribution in [1.82, 2.24) is 0 Å². The summed E-state index contributed by atoms with van der Waals surface area (Å²) < 4.78 is 4.38. The highest BCUT2D eigenvalue weighted by molar-refractivity contribution is 5.58. The van der Waals surface area contributed by atoms with Crippen LogP contribution in [0.4, 0.5) is 0 Å². The van der Waals surface area contributed by atoms with Crippen molar-refractivity contribution in [2.24, 2.45) is 0 Å². The van der Waals surface area contributed by atoms with Crippen LogP contribution in [0, 0.1) is 0 Å². The van der Waals surface area contributed by atoms with Crippen LogP contribution in [0.15, 0.2) is 12.1 Å². The first-order chi connectivity index (χ1) is 5.52. The van der Waals surface area contributed by atoms with Crippen molar-refractivity contribution in [2.75, 3.05) is 0 Å². The van der Waals surface area contributed by atoms with Crippen LogP contribution in [0.3, 0.4) is 0 Å². The average molecular weight is 170 g/mol. The molecule has 0 spiro atoms. The SMILES string of the molecule is Oc1ccc2c(c1O)OC2(O)O. The molecule has 1 aliphatic heterocycles. The molecule has 1 aromatic carbocycles. The van der Waals surface area contributed by atoms with E-state index in [0.717, 1.165) is 6.07 Å². The van der Waals surface area contributed by atoms with Gasteiger partial charge in [-0.1, -0.05) is 0 Å². The maximum Gasteiger partial charge on any atom is 0.355 e. The van der Waals surface area contributed by atoms with Gasteiger partial charge in [0.05, 0.1) is 0 Å². The summed E-state index contributed by atoms with van der Waals surface area (Å²) in [6.45, 7) is 0. The number of phenolic OH excluding ortho intramolecular Hbond substituents is 2. The van der Waals surface area contributed by atoms with Gasteiger partial charge in [0.25, 0.3) is 0 Å². The quantitative estimate of drug-likeness (QED) is 0.314. The molecule has 0 amide bonds. The summed E-state index contributed by atoms with van der Waals surface area (Å²) in [5.41, 5.74) is 0.0396. The Labute approximate surface area is 67.1 Å². The van der Waals surface area contributed by atoms with Crippen molar-refractivity contribution >= 4 is 0 Å². The molecule has 0 aromatic heterocycles. The number of phenols is 2. The van der Waals surface area contributed by atoms with Crippen LogP contribution in [0.1, 0.15) is 5.56 Å². The van der Waals surface area contributed by atoms with Crippen LogP contribution in [-0.4, -0.2) is 20.4 Å². The number of fused-ring (bicyclic) bond motifs is 1. The molecule has 0 radical (unpaired) electrons. The van der Waals surface area contributed by atoms with Crippen molar-refractivity contribution in [1.29, 1.82) is 0 Å². The van der Waals surface area contributed by atoms with Crippen molar-refractivity contribution in [3.8, 4) is 17.2 Å². The molecule has 5 nitrogen and oxygen atoms in total. The van der Waals surface area contributed by atoms with Crippen LogP contribution in [0.5, 0.6) is 17.2 Å². The molecule has 1 aliphatic rings. The molecule has 0 saturated carbocycles.